The van der Waals surface area contributed by atoms with E-state index in [4.69, 9.17) is 20.8 Å². The van der Waals surface area contributed by atoms with Gasteiger partial charge in [-0.25, -0.2) is 0 Å². The van der Waals surface area contributed by atoms with Crippen LogP contribution in [0, 0.1) is 0 Å². The average Bonchev–Trinajstić information content (AvgIpc) is 2.89. The number of furan rings is 1. The van der Waals surface area contributed by atoms with Gasteiger partial charge < -0.3 is 9.15 Å². The van der Waals surface area contributed by atoms with Crippen molar-refractivity contribution in [3.63, 3.8) is 0 Å². The molecule has 2 aromatic rings. The van der Waals surface area contributed by atoms with Crippen molar-refractivity contribution >= 4 is 11.6 Å². The lowest BCUT2D eigenvalue weighted by Crippen LogP contribution is -2.27. The van der Waals surface area contributed by atoms with Crippen LogP contribution in [0.3, 0.4) is 0 Å². The van der Waals surface area contributed by atoms with Crippen LogP contribution in [0.5, 0.6) is 0 Å². The van der Waals surface area contributed by atoms with Crippen molar-refractivity contribution in [3.05, 3.63) is 59.0 Å². The third kappa shape index (κ3) is 4.18. The van der Waals surface area contributed by atoms with Gasteiger partial charge in [-0.3, -0.25) is 5.32 Å². The van der Waals surface area contributed by atoms with Gasteiger partial charge in [0.05, 0.1) is 19.4 Å². The molecular weight excluding hydrogens is 250 g/mol. The molecule has 0 spiro atoms. The predicted octanol–water partition coefficient (Wildman–Crippen LogP) is 3.59. The predicted molar refractivity (Wildman–Crippen MR) is 71.3 cm³/mol. The summed E-state index contributed by atoms with van der Waals surface area (Å²) in [7, 11) is 0. The summed E-state index contributed by atoms with van der Waals surface area (Å²) in [5, 5.41) is 3.96. The Kier molecular flexibility index (Phi) is 4.81. The minimum Gasteiger partial charge on any atom is -0.468 e. The van der Waals surface area contributed by atoms with E-state index in [2.05, 4.69) is 5.32 Å². The summed E-state index contributed by atoms with van der Waals surface area (Å²) in [4.78, 5) is 0. The largest absolute Gasteiger partial charge is 0.468 e. The van der Waals surface area contributed by atoms with Crippen molar-refractivity contribution in [2.24, 2.45) is 0 Å². The molecule has 1 aromatic heterocycles. The van der Waals surface area contributed by atoms with Gasteiger partial charge in [0.2, 0.25) is 0 Å². The zero-order valence-electron chi connectivity index (χ0n) is 10.2. The fraction of sp³-hybridized carbons (Fsp3) is 0.286. The molecule has 3 nitrogen and oxygen atoms in total. The Hall–Kier alpha value is -1.29. The number of benzene rings is 1. The van der Waals surface area contributed by atoms with Gasteiger partial charge in [0.25, 0.3) is 0 Å². The summed E-state index contributed by atoms with van der Waals surface area (Å²) in [6.45, 7) is 3.19. The quantitative estimate of drug-likeness (QED) is 0.811. The molecule has 1 heterocycles. The van der Waals surface area contributed by atoms with Gasteiger partial charge >= 0.3 is 0 Å². The van der Waals surface area contributed by atoms with Crippen molar-refractivity contribution in [2.45, 2.75) is 26.3 Å². The minimum atomic E-state index is -0.0363. The summed E-state index contributed by atoms with van der Waals surface area (Å²) in [5.41, 5.74) is 1.10. The monoisotopic (exact) mass is 265 g/mol. The summed E-state index contributed by atoms with van der Waals surface area (Å²) in [5.74, 6) is 0.900. The highest BCUT2D eigenvalue weighted by molar-refractivity contribution is 6.30. The molecule has 0 aliphatic rings. The molecule has 0 bridgehead atoms. The normalized spacial score (nSPS) is 12.6. The first-order chi connectivity index (χ1) is 8.74. The zero-order valence-corrected chi connectivity index (χ0v) is 11.0. The number of hydrogen-bond donors (Lipinski definition) is 1. The molecule has 1 N–H and O–H groups in total. The van der Waals surface area contributed by atoms with Crippen molar-refractivity contribution in [3.8, 4) is 0 Å². The maximum atomic E-state index is 5.82. The van der Waals surface area contributed by atoms with Crippen LogP contribution in [0.15, 0.2) is 47.1 Å². The molecule has 1 aromatic carbocycles. The van der Waals surface area contributed by atoms with E-state index >= 15 is 0 Å². The molecule has 2 rings (SSSR count). The smallest absolute Gasteiger partial charge is 0.117 e. The molecule has 1 unspecified atom stereocenters. The van der Waals surface area contributed by atoms with Crippen LogP contribution in [0.4, 0.5) is 0 Å². The molecule has 0 saturated heterocycles. The molecule has 1 atom stereocenters. The summed E-state index contributed by atoms with van der Waals surface area (Å²) in [6.07, 6.45) is 1.63. The van der Waals surface area contributed by atoms with Gasteiger partial charge in [-0.05, 0) is 36.8 Å². The van der Waals surface area contributed by atoms with E-state index in [1.165, 1.54) is 0 Å². The van der Waals surface area contributed by atoms with Crippen LogP contribution in [-0.2, 0) is 17.9 Å². The SMILES string of the molecule is CC(NCc1ccco1)OCc1ccc(Cl)cc1. The highest BCUT2D eigenvalue weighted by atomic mass is 35.5. The number of nitrogens with one attached hydrogen (secondary N) is 1. The Labute approximate surface area is 112 Å². The lowest BCUT2D eigenvalue weighted by Gasteiger charge is -2.14. The summed E-state index contributed by atoms with van der Waals surface area (Å²) < 4.78 is 10.9. The fourth-order valence-corrected chi connectivity index (χ4v) is 1.64. The fourth-order valence-electron chi connectivity index (χ4n) is 1.52. The van der Waals surface area contributed by atoms with Crippen molar-refractivity contribution in [2.75, 3.05) is 0 Å². The van der Waals surface area contributed by atoms with Gasteiger partial charge in [-0.1, -0.05) is 23.7 Å². The van der Waals surface area contributed by atoms with Crippen LogP contribution in [0.25, 0.3) is 0 Å². The van der Waals surface area contributed by atoms with Crippen LogP contribution in [-0.4, -0.2) is 6.23 Å². The first-order valence-corrected chi connectivity index (χ1v) is 6.23. The second-order valence-electron chi connectivity index (χ2n) is 4.04. The van der Waals surface area contributed by atoms with E-state index in [0.717, 1.165) is 16.3 Å². The first kappa shape index (κ1) is 13.1. The minimum absolute atomic E-state index is 0.0363. The third-order valence-electron chi connectivity index (χ3n) is 2.56. The number of hydrogen-bond acceptors (Lipinski definition) is 3. The Morgan fingerprint density at radius 2 is 2.06 bits per heavy atom. The van der Waals surface area contributed by atoms with Crippen molar-refractivity contribution in [1.29, 1.82) is 0 Å². The molecule has 4 heteroatoms. The van der Waals surface area contributed by atoms with E-state index in [1.54, 1.807) is 6.26 Å². The number of halogens is 1. The van der Waals surface area contributed by atoms with Gasteiger partial charge in [0.15, 0.2) is 0 Å². The summed E-state index contributed by atoms with van der Waals surface area (Å²) >= 11 is 5.82. The standard InChI is InChI=1S/C14H16ClNO2/c1-11(16-9-14-3-2-8-17-14)18-10-12-4-6-13(15)7-5-12/h2-8,11,16H,9-10H2,1H3. The first-order valence-electron chi connectivity index (χ1n) is 5.86. The lowest BCUT2D eigenvalue weighted by atomic mass is 10.2. The number of rotatable bonds is 6. The van der Waals surface area contributed by atoms with Gasteiger partial charge in [0.1, 0.15) is 12.0 Å². The Morgan fingerprint density at radius 3 is 2.72 bits per heavy atom. The van der Waals surface area contributed by atoms with Crippen LogP contribution in [0.2, 0.25) is 5.02 Å². The van der Waals surface area contributed by atoms with E-state index < -0.39 is 0 Å². The highest BCUT2D eigenvalue weighted by Crippen LogP contribution is 2.10. The van der Waals surface area contributed by atoms with Crippen molar-refractivity contribution in [1.82, 2.24) is 5.32 Å². The Bertz CT molecular complexity index is 453. The molecule has 0 aliphatic heterocycles. The number of ether oxygens (including phenoxy) is 1. The molecule has 0 amide bonds. The third-order valence-corrected chi connectivity index (χ3v) is 2.81. The molecule has 0 aliphatic carbocycles. The molecule has 96 valence electrons. The highest BCUT2D eigenvalue weighted by Gasteiger charge is 2.03. The van der Waals surface area contributed by atoms with E-state index in [9.17, 15) is 0 Å². The van der Waals surface area contributed by atoms with Gasteiger partial charge in [-0.2, -0.15) is 0 Å². The average molecular weight is 266 g/mol. The molecule has 0 fully saturated rings. The van der Waals surface area contributed by atoms with E-state index in [1.807, 2.05) is 43.3 Å². The van der Waals surface area contributed by atoms with Crippen LogP contribution in [0.1, 0.15) is 18.2 Å². The maximum absolute atomic E-state index is 5.82. The second-order valence-corrected chi connectivity index (χ2v) is 4.48. The maximum Gasteiger partial charge on any atom is 0.117 e. The van der Waals surface area contributed by atoms with Gasteiger partial charge in [0, 0.05) is 5.02 Å². The summed E-state index contributed by atoms with van der Waals surface area (Å²) in [6, 6.07) is 11.4. The van der Waals surface area contributed by atoms with Crippen LogP contribution >= 0.6 is 11.6 Å². The zero-order chi connectivity index (χ0) is 12.8. The Morgan fingerprint density at radius 1 is 1.28 bits per heavy atom. The second kappa shape index (κ2) is 6.59. The van der Waals surface area contributed by atoms with Crippen molar-refractivity contribution < 1.29 is 9.15 Å². The molecule has 0 radical (unpaired) electrons. The molecular formula is C14H16ClNO2. The van der Waals surface area contributed by atoms with E-state index in [-0.39, 0.29) is 6.23 Å². The molecule has 18 heavy (non-hydrogen) atoms. The van der Waals surface area contributed by atoms with Gasteiger partial charge in [-0.15, -0.1) is 0 Å². The lowest BCUT2D eigenvalue weighted by molar-refractivity contribution is 0.0280. The Balaban J connectivity index is 1.71. The van der Waals surface area contributed by atoms with Crippen LogP contribution < -0.4 is 5.32 Å². The van der Waals surface area contributed by atoms with E-state index in [0.29, 0.717) is 13.2 Å². The molecule has 0 saturated carbocycles. The topological polar surface area (TPSA) is 34.4 Å².